The number of amides is 2. The number of likely N-dealkylation sites (tertiary alicyclic amines) is 1. The largest absolute Gasteiger partial charge is 0.342 e. The van der Waals surface area contributed by atoms with Crippen molar-refractivity contribution in [3.63, 3.8) is 0 Å². The molecule has 2 amide bonds. The molecule has 1 N–H and O–H groups in total. The van der Waals surface area contributed by atoms with Crippen LogP contribution in [0.5, 0.6) is 0 Å². The second-order valence-electron chi connectivity index (χ2n) is 4.67. The van der Waals surface area contributed by atoms with Crippen molar-refractivity contribution in [2.45, 2.75) is 32.7 Å². The Balaban J connectivity index is 1.84. The predicted molar refractivity (Wildman–Crippen MR) is 71.8 cm³/mol. The molecule has 0 bridgehead atoms. The van der Waals surface area contributed by atoms with Crippen LogP contribution in [0.4, 0.5) is 0 Å². The quantitative estimate of drug-likeness (QED) is 0.907. The minimum atomic E-state index is -0.159. The fourth-order valence-corrected chi connectivity index (χ4v) is 2.99. The first-order chi connectivity index (χ1) is 8.58. The second-order valence-corrected chi connectivity index (χ2v) is 5.96. The summed E-state index contributed by atoms with van der Waals surface area (Å²) in [6, 6.07) is 4.00. The number of nitrogens with zero attached hydrogens (tertiary/aromatic N) is 1. The number of aryl methyl sites for hydroxylation is 1. The van der Waals surface area contributed by atoms with E-state index >= 15 is 0 Å². The molecule has 98 valence electrons. The first-order valence-corrected chi connectivity index (χ1v) is 7.03. The van der Waals surface area contributed by atoms with Gasteiger partial charge in [-0.1, -0.05) is 0 Å². The SMILES string of the molecule is Cc1ccc(C(=O)NCC(=O)N2CCC[C@H]2C)s1. The van der Waals surface area contributed by atoms with Crippen LogP contribution in [0.25, 0.3) is 0 Å². The first kappa shape index (κ1) is 13.1. The summed E-state index contributed by atoms with van der Waals surface area (Å²) in [4.78, 5) is 27.3. The van der Waals surface area contributed by atoms with Crippen molar-refractivity contribution in [3.05, 3.63) is 21.9 Å². The normalized spacial score (nSPS) is 19.0. The highest BCUT2D eigenvalue weighted by Crippen LogP contribution is 2.16. The topological polar surface area (TPSA) is 49.4 Å². The zero-order chi connectivity index (χ0) is 13.1. The van der Waals surface area contributed by atoms with Crippen LogP contribution in [0.1, 0.15) is 34.3 Å². The van der Waals surface area contributed by atoms with Gasteiger partial charge < -0.3 is 10.2 Å². The molecule has 1 aromatic heterocycles. The molecule has 0 radical (unpaired) electrons. The lowest BCUT2D eigenvalue weighted by molar-refractivity contribution is -0.130. The minimum Gasteiger partial charge on any atom is -0.342 e. The van der Waals surface area contributed by atoms with E-state index in [1.54, 1.807) is 6.07 Å². The van der Waals surface area contributed by atoms with Crippen molar-refractivity contribution >= 4 is 23.2 Å². The summed E-state index contributed by atoms with van der Waals surface area (Å²) in [6.45, 7) is 4.92. The molecule has 2 heterocycles. The standard InChI is InChI=1S/C13H18N2O2S/c1-9-4-3-7-15(9)12(16)8-14-13(17)11-6-5-10(2)18-11/h5-6,9H,3-4,7-8H2,1-2H3,(H,14,17)/t9-/m1/s1. The van der Waals surface area contributed by atoms with E-state index < -0.39 is 0 Å². The maximum absolute atomic E-state index is 11.9. The summed E-state index contributed by atoms with van der Waals surface area (Å²) in [5.41, 5.74) is 0. The maximum Gasteiger partial charge on any atom is 0.261 e. The third kappa shape index (κ3) is 2.90. The lowest BCUT2D eigenvalue weighted by atomic mass is 10.2. The molecule has 0 unspecified atom stereocenters. The molecule has 0 saturated carbocycles. The molecule has 0 spiro atoms. The van der Waals surface area contributed by atoms with Gasteiger partial charge in [0.2, 0.25) is 5.91 Å². The second kappa shape index (κ2) is 5.52. The molecule has 1 aliphatic rings. The lowest BCUT2D eigenvalue weighted by Gasteiger charge is -2.21. The molecule has 0 aromatic carbocycles. The molecule has 2 rings (SSSR count). The average molecular weight is 266 g/mol. The number of nitrogens with one attached hydrogen (secondary N) is 1. The van der Waals surface area contributed by atoms with Crippen molar-refractivity contribution in [3.8, 4) is 0 Å². The van der Waals surface area contributed by atoms with E-state index in [4.69, 9.17) is 0 Å². The molecule has 1 aliphatic heterocycles. The Kier molecular flexibility index (Phi) is 4.01. The van der Waals surface area contributed by atoms with Gasteiger partial charge in [0, 0.05) is 17.5 Å². The lowest BCUT2D eigenvalue weighted by Crippen LogP contribution is -2.41. The smallest absolute Gasteiger partial charge is 0.261 e. The van der Waals surface area contributed by atoms with Crippen LogP contribution in [0, 0.1) is 6.92 Å². The number of carbonyl (C=O) groups is 2. The predicted octanol–water partition coefficient (Wildman–Crippen LogP) is 1.80. The van der Waals surface area contributed by atoms with Crippen LogP contribution < -0.4 is 5.32 Å². The van der Waals surface area contributed by atoms with Gasteiger partial charge in [-0.05, 0) is 38.8 Å². The van der Waals surface area contributed by atoms with Crippen molar-refractivity contribution in [1.82, 2.24) is 10.2 Å². The highest BCUT2D eigenvalue weighted by atomic mass is 32.1. The van der Waals surface area contributed by atoms with Gasteiger partial charge in [0.25, 0.3) is 5.91 Å². The number of rotatable bonds is 3. The van der Waals surface area contributed by atoms with Gasteiger partial charge in [-0.3, -0.25) is 9.59 Å². The molecule has 1 fully saturated rings. The Morgan fingerprint density at radius 3 is 2.83 bits per heavy atom. The first-order valence-electron chi connectivity index (χ1n) is 6.22. The third-order valence-electron chi connectivity index (χ3n) is 3.24. The Hall–Kier alpha value is -1.36. The fourth-order valence-electron chi connectivity index (χ4n) is 2.20. The van der Waals surface area contributed by atoms with Crippen LogP contribution in [-0.4, -0.2) is 35.8 Å². The Morgan fingerprint density at radius 2 is 2.28 bits per heavy atom. The molecular weight excluding hydrogens is 248 g/mol. The van der Waals surface area contributed by atoms with Crippen LogP contribution in [0.3, 0.4) is 0 Å². The van der Waals surface area contributed by atoms with Crippen molar-refractivity contribution < 1.29 is 9.59 Å². The van der Waals surface area contributed by atoms with E-state index in [1.807, 2.05) is 17.9 Å². The third-order valence-corrected chi connectivity index (χ3v) is 4.24. The summed E-state index contributed by atoms with van der Waals surface area (Å²) in [5.74, 6) is -0.144. The number of hydrogen-bond acceptors (Lipinski definition) is 3. The van der Waals surface area contributed by atoms with Crippen LogP contribution in [0.2, 0.25) is 0 Å². The van der Waals surface area contributed by atoms with Crippen LogP contribution >= 0.6 is 11.3 Å². The summed E-state index contributed by atoms with van der Waals surface area (Å²) in [7, 11) is 0. The van der Waals surface area contributed by atoms with E-state index in [2.05, 4.69) is 12.2 Å². The molecule has 4 nitrogen and oxygen atoms in total. The van der Waals surface area contributed by atoms with E-state index in [0.717, 1.165) is 24.3 Å². The van der Waals surface area contributed by atoms with Gasteiger partial charge in [-0.25, -0.2) is 0 Å². The van der Waals surface area contributed by atoms with E-state index in [0.29, 0.717) is 10.9 Å². The van der Waals surface area contributed by atoms with Gasteiger partial charge in [0.05, 0.1) is 11.4 Å². The van der Waals surface area contributed by atoms with Gasteiger partial charge in [0.1, 0.15) is 0 Å². The molecule has 1 atom stereocenters. The van der Waals surface area contributed by atoms with E-state index in [-0.39, 0.29) is 18.4 Å². The number of thiophene rings is 1. The molecule has 0 aliphatic carbocycles. The van der Waals surface area contributed by atoms with Crippen molar-refractivity contribution in [1.29, 1.82) is 0 Å². The van der Waals surface area contributed by atoms with Gasteiger partial charge in [-0.15, -0.1) is 11.3 Å². The molecule has 1 aromatic rings. The van der Waals surface area contributed by atoms with Gasteiger partial charge in [0.15, 0.2) is 0 Å². The summed E-state index contributed by atoms with van der Waals surface area (Å²) < 4.78 is 0. The number of carbonyl (C=O) groups excluding carboxylic acids is 2. The Bertz CT molecular complexity index is 456. The molecule has 1 saturated heterocycles. The fraction of sp³-hybridized carbons (Fsp3) is 0.538. The Morgan fingerprint density at radius 1 is 1.50 bits per heavy atom. The average Bonchev–Trinajstić information content (AvgIpc) is 2.94. The van der Waals surface area contributed by atoms with Crippen molar-refractivity contribution in [2.75, 3.05) is 13.1 Å². The highest BCUT2D eigenvalue weighted by molar-refractivity contribution is 7.13. The highest BCUT2D eigenvalue weighted by Gasteiger charge is 2.25. The molecule has 18 heavy (non-hydrogen) atoms. The summed E-state index contributed by atoms with van der Waals surface area (Å²) in [5, 5.41) is 2.69. The minimum absolute atomic E-state index is 0.0154. The van der Waals surface area contributed by atoms with E-state index in [9.17, 15) is 9.59 Å². The Labute approximate surface area is 111 Å². The zero-order valence-electron chi connectivity index (χ0n) is 10.7. The molecule has 5 heteroatoms. The number of hydrogen-bond donors (Lipinski definition) is 1. The van der Waals surface area contributed by atoms with Crippen molar-refractivity contribution in [2.24, 2.45) is 0 Å². The van der Waals surface area contributed by atoms with Gasteiger partial charge >= 0.3 is 0 Å². The monoisotopic (exact) mass is 266 g/mol. The summed E-state index contributed by atoms with van der Waals surface area (Å²) >= 11 is 1.44. The zero-order valence-corrected chi connectivity index (χ0v) is 11.5. The van der Waals surface area contributed by atoms with E-state index in [1.165, 1.54) is 11.3 Å². The van der Waals surface area contributed by atoms with Crippen LogP contribution in [-0.2, 0) is 4.79 Å². The summed E-state index contributed by atoms with van der Waals surface area (Å²) in [6.07, 6.45) is 2.12. The van der Waals surface area contributed by atoms with Crippen LogP contribution in [0.15, 0.2) is 12.1 Å². The van der Waals surface area contributed by atoms with Gasteiger partial charge in [-0.2, -0.15) is 0 Å². The maximum atomic E-state index is 11.9. The molecular formula is C13H18N2O2S.